The molecule has 1 aromatic carbocycles. The van der Waals surface area contributed by atoms with Crippen molar-refractivity contribution < 1.29 is 9.47 Å². The summed E-state index contributed by atoms with van der Waals surface area (Å²) < 4.78 is 11.4. The molecule has 1 fully saturated rings. The van der Waals surface area contributed by atoms with E-state index in [1.54, 1.807) is 0 Å². The number of rotatable bonds is 11. The number of guanidine groups is 1. The molecule has 2 rings (SSSR count). The lowest BCUT2D eigenvalue weighted by molar-refractivity contribution is 0.287. The molecule has 1 aliphatic heterocycles. The van der Waals surface area contributed by atoms with Gasteiger partial charge < -0.3 is 25.0 Å². The normalized spacial score (nSPS) is 17.6. The van der Waals surface area contributed by atoms with Gasteiger partial charge in [0.15, 0.2) is 17.5 Å². The molecular weight excluding hydrogens is 352 g/mol. The largest absolute Gasteiger partial charge is 0.490 e. The monoisotopic (exact) mass is 390 g/mol. The maximum atomic E-state index is 5.72. The minimum absolute atomic E-state index is 0.635. The van der Waals surface area contributed by atoms with E-state index in [0.717, 1.165) is 50.1 Å². The van der Waals surface area contributed by atoms with Gasteiger partial charge in [-0.3, -0.25) is 4.99 Å². The van der Waals surface area contributed by atoms with Crippen molar-refractivity contribution in [3.8, 4) is 11.5 Å². The molecular formula is C22H38N4O2. The predicted octanol–water partition coefficient (Wildman–Crippen LogP) is 2.92. The molecule has 0 spiro atoms. The highest BCUT2D eigenvalue weighted by Crippen LogP contribution is 2.28. The SMILES string of the molecule is CCNC(=NCC1CCN(CC)C1)NCCc1ccc(OCC)c(OCC)c1. The first kappa shape index (κ1) is 22.3. The van der Waals surface area contributed by atoms with Crippen molar-refractivity contribution in [1.82, 2.24) is 15.5 Å². The van der Waals surface area contributed by atoms with Crippen LogP contribution in [0.5, 0.6) is 11.5 Å². The number of ether oxygens (including phenoxy) is 2. The van der Waals surface area contributed by atoms with Crippen LogP contribution in [0.1, 0.15) is 39.7 Å². The Balaban J connectivity index is 1.86. The third-order valence-electron chi connectivity index (χ3n) is 4.98. The predicted molar refractivity (Wildman–Crippen MR) is 117 cm³/mol. The molecule has 2 N–H and O–H groups in total. The molecule has 1 atom stereocenters. The highest BCUT2D eigenvalue weighted by molar-refractivity contribution is 5.79. The van der Waals surface area contributed by atoms with Crippen molar-refractivity contribution in [3.05, 3.63) is 23.8 Å². The lowest BCUT2D eigenvalue weighted by atomic mass is 10.1. The molecule has 1 heterocycles. The molecule has 1 aromatic rings. The van der Waals surface area contributed by atoms with E-state index >= 15 is 0 Å². The molecule has 158 valence electrons. The Kier molecular flexibility index (Phi) is 9.97. The third-order valence-corrected chi connectivity index (χ3v) is 4.98. The summed E-state index contributed by atoms with van der Waals surface area (Å²) in [6, 6.07) is 6.19. The zero-order chi connectivity index (χ0) is 20.2. The Hall–Kier alpha value is -1.95. The van der Waals surface area contributed by atoms with E-state index in [0.29, 0.717) is 19.1 Å². The van der Waals surface area contributed by atoms with Crippen LogP contribution < -0.4 is 20.1 Å². The molecule has 0 saturated carbocycles. The lowest BCUT2D eigenvalue weighted by Gasteiger charge is -2.15. The summed E-state index contributed by atoms with van der Waals surface area (Å²) in [5.41, 5.74) is 1.23. The van der Waals surface area contributed by atoms with Crippen LogP contribution in [0.3, 0.4) is 0 Å². The van der Waals surface area contributed by atoms with Gasteiger partial charge in [0, 0.05) is 26.2 Å². The molecule has 0 amide bonds. The van der Waals surface area contributed by atoms with Crippen molar-refractivity contribution in [2.45, 2.75) is 40.5 Å². The molecule has 0 radical (unpaired) electrons. The van der Waals surface area contributed by atoms with Gasteiger partial charge in [-0.15, -0.1) is 0 Å². The van der Waals surface area contributed by atoms with Crippen LogP contribution in [0.25, 0.3) is 0 Å². The van der Waals surface area contributed by atoms with E-state index in [1.165, 1.54) is 25.1 Å². The van der Waals surface area contributed by atoms with E-state index in [9.17, 15) is 0 Å². The first-order valence-electron chi connectivity index (χ1n) is 10.8. The molecule has 1 aliphatic rings. The maximum Gasteiger partial charge on any atom is 0.191 e. The van der Waals surface area contributed by atoms with Crippen LogP contribution in [0, 0.1) is 5.92 Å². The second-order valence-electron chi connectivity index (χ2n) is 7.09. The minimum atomic E-state index is 0.635. The van der Waals surface area contributed by atoms with Crippen LogP contribution in [0.15, 0.2) is 23.2 Å². The van der Waals surface area contributed by atoms with Gasteiger partial charge >= 0.3 is 0 Å². The molecule has 6 heteroatoms. The summed E-state index contributed by atoms with van der Waals surface area (Å²) >= 11 is 0. The van der Waals surface area contributed by atoms with E-state index in [-0.39, 0.29) is 0 Å². The number of benzene rings is 1. The first-order chi connectivity index (χ1) is 13.7. The van der Waals surface area contributed by atoms with E-state index in [2.05, 4.69) is 41.5 Å². The molecule has 0 aromatic heterocycles. The summed E-state index contributed by atoms with van der Waals surface area (Å²) in [5.74, 6) is 3.22. The highest BCUT2D eigenvalue weighted by atomic mass is 16.5. The Bertz CT molecular complexity index is 606. The number of aliphatic imine (C=N–C) groups is 1. The molecule has 0 aliphatic carbocycles. The van der Waals surface area contributed by atoms with E-state index < -0.39 is 0 Å². The Morgan fingerprint density at radius 2 is 1.89 bits per heavy atom. The van der Waals surface area contributed by atoms with Crippen LogP contribution in [-0.4, -0.2) is 63.3 Å². The van der Waals surface area contributed by atoms with Crippen molar-refractivity contribution in [1.29, 1.82) is 0 Å². The smallest absolute Gasteiger partial charge is 0.191 e. The van der Waals surface area contributed by atoms with Gasteiger partial charge in [-0.25, -0.2) is 0 Å². The molecule has 6 nitrogen and oxygen atoms in total. The molecule has 1 saturated heterocycles. The third kappa shape index (κ3) is 7.23. The number of likely N-dealkylation sites (tertiary alicyclic amines) is 1. The Morgan fingerprint density at radius 1 is 1.11 bits per heavy atom. The van der Waals surface area contributed by atoms with Crippen LogP contribution in [0.4, 0.5) is 0 Å². The summed E-state index contributed by atoms with van der Waals surface area (Å²) in [6.07, 6.45) is 2.16. The van der Waals surface area contributed by atoms with Gasteiger partial charge in [0.05, 0.1) is 13.2 Å². The fourth-order valence-corrected chi connectivity index (χ4v) is 3.49. The van der Waals surface area contributed by atoms with Gasteiger partial charge in [0.2, 0.25) is 0 Å². The van der Waals surface area contributed by atoms with Gasteiger partial charge in [-0.2, -0.15) is 0 Å². The van der Waals surface area contributed by atoms with Crippen LogP contribution >= 0.6 is 0 Å². The number of hydrogen-bond acceptors (Lipinski definition) is 4. The highest BCUT2D eigenvalue weighted by Gasteiger charge is 2.20. The second kappa shape index (κ2) is 12.5. The maximum absolute atomic E-state index is 5.72. The van der Waals surface area contributed by atoms with Gasteiger partial charge in [-0.05, 0) is 70.3 Å². The fraction of sp³-hybridized carbons (Fsp3) is 0.682. The average molecular weight is 391 g/mol. The fourth-order valence-electron chi connectivity index (χ4n) is 3.49. The molecule has 1 unspecified atom stereocenters. The zero-order valence-electron chi connectivity index (χ0n) is 18.1. The molecule has 28 heavy (non-hydrogen) atoms. The van der Waals surface area contributed by atoms with Crippen LogP contribution in [-0.2, 0) is 6.42 Å². The standard InChI is InChI=1S/C22H38N4O2/c1-5-23-22(25-16-19-12-14-26(6-2)17-19)24-13-11-18-9-10-20(27-7-3)21(15-18)28-8-4/h9-10,15,19H,5-8,11-14,16-17H2,1-4H3,(H2,23,24,25). The van der Waals surface area contributed by atoms with E-state index in [1.807, 2.05) is 19.9 Å². The lowest BCUT2D eigenvalue weighted by Crippen LogP contribution is -2.38. The second-order valence-corrected chi connectivity index (χ2v) is 7.09. The van der Waals surface area contributed by atoms with Gasteiger partial charge in [0.1, 0.15) is 0 Å². The van der Waals surface area contributed by atoms with Crippen molar-refractivity contribution in [2.75, 3.05) is 52.5 Å². The van der Waals surface area contributed by atoms with Crippen molar-refractivity contribution >= 4 is 5.96 Å². The first-order valence-corrected chi connectivity index (χ1v) is 10.8. The number of nitrogens with one attached hydrogen (secondary N) is 2. The Morgan fingerprint density at radius 3 is 2.57 bits per heavy atom. The van der Waals surface area contributed by atoms with Crippen LogP contribution in [0.2, 0.25) is 0 Å². The van der Waals surface area contributed by atoms with Crippen molar-refractivity contribution in [2.24, 2.45) is 10.9 Å². The van der Waals surface area contributed by atoms with E-state index in [4.69, 9.17) is 14.5 Å². The number of nitrogens with zero attached hydrogens (tertiary/aromatic N) is 2. The summed E-state index contributed by atoms with van der Waals surface area (Å²) in [6.45, 7) is 15.7. The quantitative estimate of drug-likeness (QED) is 0.449. The number of hydrogen-bond donors (Lipinski definition) is 2. The molecule has 0 bridgehead atoms. The topological polar surface area (TPSA) is 58.1 Å². The average Bonchev–Trinajstić information content (AvgIpc) is 3.16. The van der Waals surface area contributed by atoms with Gasteiger partial charge in [-0.1, -0.05) is 13.0 Å². The zero-order valence-corrected chi connectivity index (χ0v) is 18.1. The minimum Gasteiger partial charge on any atom is -0.490 e. The summed E-state index contributed by atoms with van der Waals surface area (Å²) in [4.78, 5) is 7.31. The summed E-state index contributed by atoms with van der Waals surface area (Å²) in [7, 11) is 0. The summed E-state index contributed by atoms with van der Waals surface area (Å²) in [5, 5.41) is 6.82. The Labute approximate surface area is 170 Å². The van der Waals surface area contributed by atoms with Crippen molar-refractivity contribution in [3.63, 3.8) is 0 Å². The van der Waals surface area contributed by atoms with Gasteiger partial charge in [0.25, 0.3) is 0 Å².